The summed E-state index contributed by atoms with van der Waals surface area (Å²) in [5.74, 6) is 0. The van der Waals surface area contributed by atoms with E-state index in [4.69, 9.17) is 9.47 Å². The van der Waals surface area contributed by atoms with Gasteiger partial charge in [-0.25, -0.2) is 4.98 Å². The highest BCUT2D eigenvalue weighted by Crippen LogP contribution is 2.08. The standard InChI is InChI=1S/C11H18N2O2S/c1-9-13-10(7-16-9)2-4-12-6-11-3-5-14-8-15-11/h7,11-12H,2-6,8H2,1H3. The van der Waals surface area contributed by atoms with Gasteiger partial charge in [-0.1, -0.05) is 0 Å². The minimum absolute atomic E-state index is 0.311. The van der Waals surface area contributed by atoms with Gasteiger partial charge in [0, 0.05) is 24.9 Å². The zero-order valence-corrected chi connectivity index (χ0v) is 10.4. The number of hydrogen-bond acceptors (Lipinski definition) is 5. The van der Waals surface area contributed by atoms with Gasteiger partial charge in [0.15, 0.2) is 0 Å². The van der Waals surface area contributed by atoms with Gasteiger partial charge in [-0.2, -0.15) is 0 Å². The van der Waals surface area contributed by atoms with Gasteiger partial charge in [-0.05, 0) is 13.3 Å². The first kappa shape index (κ1) is 12.0. The number of hydrogen-bond donors (Lipinski definition) is 1. The SMILES string of the molecule is Cc1nc(CCNCC2CCOCO2)cs1. The molecule has 1 unspecified atom stereocenters. The molecule has 0 spiro atoms. The van der Waals surface area contributed by atoms with E-state index in [1.807, 2.05) is 6.92 Å². The molecule has 1 fully saturated rings. The lowest BCUT2D eigenvalue weighted by Crippen LogP contribution is -2.34. The number of thiazole rings is 1. The largest absolute Gasteiger partial charge is 0.355 e. The first-order valence-electron chi connectivity index (χ1n) is 5.65. The Morgan fingerprint density at radius 3 is 3.25 bits per heavy atom. The fraction of sp³-hybridized carbons (Fsp3) is 0.727. The van der Waals surface area contributed by atoms with Crippen molar-refractivity contribution in [2.45, 2.75) is 25.9 Å². The monoisotopic (exact) mass is 242 g/mol. The summed E-state index contributed by atoms with van der Waals surface area (Å²) in [6.45, 7) is 5.17. The smallest absolute Gasteiger partial charge is 0.147 e. The topological polar surface area (TPSA) is 43.4 Å². The third-order valence-electron chi connectivity index (χ3n) is 2.57. The van der Waals surface area contributed by atoms with Crippen LogP contribution in [0, 0.1) is 6.92 Å². The maximum atomic E-state index is 5.44. The summed E-state index contributed by atoms with van der Waals surface area (Å²) < 4.78 is 10.6. The summed E-state index contributed by atoms with van der Waals surface area (Å²) in [6, 6.07) is 0. The van der Waals surface area contributed by atoms with Gasteiger partial charge in [0.2, 0.25) is 0 Å². The molecule has 1 saturated heterocycles. The van der Waals surface area contributed by atoms with Crippen molar-refractivity contribution in [3.63, 3.8) is 0 Å². The fourth-order valence-corrected chi connectivity index (χ4v) is 2.31. The lowest BCUT2D eigenvalue weighted by Gasteiger charge is -2.22. The second-order valence-electron chi connectivity index (χ2n) is 3.92. The van der Waals surface area contributed by atoms with Crippen molar-refractivity contribution in [2.75, 3.05) is 26.5 Å². The molecule has 4 nitrogen and oxygen atoms in total. The van der Waals surface area contributed by atoms with E-state index >= 15 is 0 Å². The predicted octanol–water partition coefficient (Wildman–Crippen LogP) is 1.35. The lowest BCUT2D eigenvalue weighted by molar-refractivity contribution is -0.137. The van der Waals surface area contributed by atoms with Crippen LogP contribution in [0.25, 0.3) is 0 Å². The third-order valence-corrected chi connectivity index (χ3v) is 3.39. The Labute approximate surface area is 100.0 Å². The second-order valence-corrected chi connectivity index (χ2v) is 4.98. The summed E-state index contributed by atoms with van der Waals surface area (Å²) >= 11 is 1.71. The van der Waals surface area contributed by atoms with Crippen LogP contribution in [0.5, 0.6) is 0 Å². The van der Waals surface area contributed by atoms with E-state index in [0.29, 0.717) is 12.9 Å². The van der Waals surface area contributed by atoms with Crippen LogP contribution in [0.15, 0.2) is 5.38 Å². The van der Waals surface area contributed by atoms with Crippen LogP contribution in [0.2, 0.25) is 0 Å². The molecule has 5 heteroatoms. The Morgan fingerprint density at radius 1 is 1.62 bits per heavy atom. The number of aromatic nitrogens is 1. The average Bonchev–Trinajstić information content (AvgIpc) is 2.72. The highest BCUT2D eigenvalue weighted by atomic mass is 32.1. The number of nitrogens with zero attached hydrogens (tertiary/aromatic N) is 1. The van der Waals surface area contributed by atoms with E-state index in [1.165, 1.54) is 5.69 Å². The molecule has 2 rings (SSSR count). The Morgan fingerprint density at radius 2 is 2.56 bits per heavy atom. The van der Waals surface area contributed by atoms with E-state index < -0.39 is 0 Å². The Hall–Kier alpha value is -0.490. The second kappa shape index (κ2) is 6.30. The molecule has 0 amide bonds. The number of nitrogens with one attached hydrogen (secondary N) is 1. The average molecular weight is 242 g/mol. The highest BCUT2D eigenvalue weighted by molar-refractivity contribution is 7.09. The van der Waals surface area contributed by atoms with E-state index in [2.05, 4.69) is 15.7 Å². The summed E-state index contributed by atoms with van der Waals surface area (Å²) in [7, 11) is 0. The van der Waals surface area contributed by atoms with Gasteiger partial charge in [-0.15, -0.1) is 11.3 Å². The van der Waals surface area contributed by atoms with Crippen molar-refractivity contribution in [1.82, 2.24) is 10.3 Å². The minimum Gasteiger partial charge on any atom is -0.355 e. The molecule has 1 aromatic rings. The van der Waals surface area contributed by atoms with Crippen LogP contribution < -0.4 is 5.32 Å². The van der Waals surface area contributed by atoms with Crippen molar-refractivity contribution >= 4 is 11.3 Å². The van der Waals surface area contributed by atoms with Gasteiger partial charge in [0.25, 0.3) is 0 Å². The molecule has 1 aliphatic heterocycles. The van der Waals surface area contributed by atoms with Gasteiger partial charge >= 0.3 is 0 Å². The van der Waals surface area contributed by atoms with E-state index in [1.54, 1.807) is 11.3 Å². The number of ether oxygens (including phenoxy) is 2. The molecule has 0 aliphatic carbocycles. The minimum atomic E-state index is 0.311. The van der Waals surface area contributed by atoms with Crippen LogP contribution in [-0.4, -0.2) is 37.6 Å². The van der Waals surface area contributed by atoms with Crippen molar-refractivity contribution in [3.05, 3.63) is 16.1 Å². The lowest BCUT2D eigenvalue weighted by atomic mass is 10.2. The third kappa shape index (κ3) is 3.83. The first-order chi connectivity index (χ1) is 7.84. The quantitative estimate of drug-likeness (QED) is 0.792. The zero-order chi connectivity index (χ0) is 11.2. The molecule has 0 aromatic carbocycles. The number of rotatable bonds is 5. The Bertz CT molecular complexity index is 311. The molecule has 1 atom stereocenters. The summed E-state index contributed by atoms with van der Waals surface area (Å²) in [4.78, 5) is 4.42. The summed E-state index contributed by atoms with van der Waals surface area (Å²) in [5.41, 5.74) is 1.18. The van der Waals surface area contributed by atoms with E-state index in [0.717, 1.165) is 37.5 Å². The van der Waals surface area contributed by atoms with E-state index in [-0.39, 0.29) is 0 Å². The van der Waals surface area contributed by atoms with Crippen molar-refractivity contribution < 1.29 is 9.47 Å². The van der Waals surface area contributed by atoms with Crippen LogP contribution in [0.3, 0.4) is 0 Å². The molecular formula is C11H18N2O2S. The fourth-order valence-electron chi connectivity index (χ4n) is 1.66. The normalized spacial score (nSPS) is 21.2. The van der Waals surface area contributed by atoms with Crippen LogP contribution >= 0.6 is 11.3 Å². The van der Waals surface area contributed by atoms with E-state index in [9.17, 15) is 0 Å². The van der Waals surface area contributed by atoms with Crippen molar-refractivity contribution in [2.24, 2.45) is 0 Å². The van der Waals surface area contributed by atoms with Gasteiger partial charge < -0.3 is 14.8 Å². The zero-order valence-electron chi connectivity index (χ0n) is 9.57. The molecule has 1 N–H and O–H groups in total. The van der Waals surface area contributed by atoms with Gasteiger partial charge in [0.1, 0.15) is 6.79 Å². The maximum absolute atomic E-state index is 5.44. The van der Waals surface area contributed by atoms with Crippen LogP contribution in [0.1, 0.15) is 17.1 Å². The molecule has 0 saturated carbocycles. The molecule has 0 radical (unpaired) electrons. The van der Waals surface area contributed by atoms with Gasteiger partial charge in [-0.3, -0.25) is 0 Å². The molecule has 0 bridgehead atoms. The highest BCUT2D eigenvalue weighted by Gasteiger charge is 2.12. The van der Waals surface area contributed by atoms with Crippen molar-refractivity contribution in [1.29, 1.82) is 0 Å². The van der Waals surface area contributed by atoms with Crippen molar-refractivity contribution in [3.8, 4) is 0 Å². The number of aryl methyl sites for hydroxylation is 1. The Kier molecular flexibility index (Phi) is 4.71. The molecule has 90 valence electrons. The molecule has 16 heavy (non-hydrogen) atoms. The van der Waals surface area contributed by atoms with Crippen LogP contribution in [0.4, 0.5) is 0 Å². The molecular weight excluding hydrogens is 224 g/mol. The molecule has 2 heterocycles. The summed E-state index contributed by atoms with van der Waals surface area (Å²) in [6.07, 6.45) is 2.29. The predicted molar refractivity (Wildman–Crippen MR) is 63.7 cm³/mol. The summed E-state index contributed by atoms with van der Waals surface area (Å²) in [5, 5.41) is 6.67. The van der Waals surface area contributed by atoms with Gasteiger partial charge in [0.05, 0.1) is 23.4 Å². The maximum Gasteiger partial charge on any atom is 0.147 e. The Balaban J connectivity index is 1.57. The molecule has 1 aromatic heterocycles. The van der Waals surface area contributed by atoms with Crippen LogP contribution in [-0.2, 0) is 15.9 Å². The molecule has 1 aliphatic rings. The first-order valence-corrected chi connectivity index (χ1v) is 6.53.